The molecule has 0 spiro atoms. The highest BCUT2D eigenvalue weighted by Gasteiger charge is 2.38. The second-order valence-electron chi connectivity index (χ2n) is 12.1. The van der Waals surface area contributed by atoms with Crippen molar-refractivity contribution in [3.8, 4) is 39.3 Å². The zero-order chi connectivity index (χ0) is 26.5. The van der Waals surface area contributed by atoms with Crippen LogP contribution >= 0.6 is 0 Å². The third-order valence-corrected chi connectivity index (χ3v) is 9.81. The Morgan fingerprint density at radius 1 is 0.575 bits per heavy atom. The Balaban J connectivity index is 1.51. The number of fused-ring (bicyclic) bond motifs is 3. The summed E-state index contributed by atoms with van der Waals surface area (Å²) >= 11 is 0. The minimum atomic E-state index is 0.592. The van der Waals surface area contributed by atoms with Crippen molar-refractivity contribution in [3.63, 3.8) is 0 Å². The van der Waals surface area contributed by atoms with Crippen molar-refractivity contribution < 1.29 is 4.57 Å². The van der Waals surface area contributed by atoms with Crippen molar-refractivity contribution >= 4 is 0 Å². The number of nitrogens with zero attached hydrogens (tertiary/aromatic N) is 2. The standard InChI is InChI=1S/C38H37N2/c1-3-13-27(14-4-1)33-25-34(28-15-5-2-6-16-28)36(30-19-9-10-20-30)37(35(33)29-17-7-8-18-29)40-24-23-39-26-31-21-11-12-22-32(31)38(39)40/h1-6,11-16,21-25,29-30H,7-10,17-20,26H2/q+1. The van der Waals surface area contributed by atoms with Crippen LogP contribution in [-0.2, 0) is 6.54 Å². The first-order valence-electron chi connectivity index (χ1n) is 15.4. The van der Waals surface area contributed by atoms with Crippen LogP contribution in [0, 0.1) is 0 Å². The van der Waals surface area contributed by atoms with Gasteiger partial charge in [0.05, 0.1) is 5.56 Å². The van der Waals surface area contributed by atoms with Gasteiger partial charge in [0.25, 0.3) is 5.82 Å². The molecule has 2 nitrogen and oxygen atoms in total. The first kappa shape index (κ1) is 23.9. The van der Waals surface area contributed by atoms with Crippen molar-refractivity contribution in [2.24, 2.45) is 0 Å². The van der Waals surface area contributed by atoms with Crippen LogP contribution in [0.15, 0.2) is 103 Å². The summed E-state index contributed by atoms with van der Waals surface area (Å²) < 4.78 is 5.09. The van der Waals surface area contributed by atoms with Crippen LogP contribution in [0.3, 0.4) is 0 Å². The van der Waals surface area contributed by atoms with Crippen molar-refractivity contribution in [3.05, 3.63) is 120 Å². The molecule has 8 rings (SSSR count). The highest BCUT2D eigenvalue weighted by molar-refractivity contribution is 5.85. The smallest absolute Gasteiger partial charge is 0.225 e. The molecule has 1 aliphatic heterocycles. The van der Waals surface area contributed by atoms with Gasteiger partial charge in [-0.25, -0.2) is 4.57 Å². The van der Waals surface area contributed by atoms with Gasteiger partial charge >= 0.3 is 0 Å². The van der Waals surface area contributed by atoms with Gasteiger partial charge in [-0.2, -0.15) is 4.57 Å². The Morgan fingerprint density at radius 2 is 1.10 bits per heavy atom. The van der Waals surface area contributed by atoms with Crippen LogP contribution in [0.2, 0.25) is 0 Å². The van der Waals surface area contributed by atoms with E-state index in [-0.39, 0.29) is 0 Å². The van der Waals surface area contributed by atoms with E-state index < -0.39 is 0 Å². The fourth-order valence-electron chi connectivity index (χ4n) is 8.01. The quantitative estimate of drug-likeness (QED) is 0.200. The number of rotatable bonds is 5. The molecule has 2 fully saturated rings. The second-order valence-corrected chi connectivity index (χ2v) is 12.1. The summed E-state index contributed by atoms with van der Waals surface area (Å²) in [6.07, 6.45) is 15.2. The molecule has 3 aliphatic rings. The van der Waals surface area contributed by atoms with Gasteiger partial charge in [-0.15, -0.1) is 0 Å². The molecule has 0 amide bonds. The lowest BCUT2D eigenvalue weighted by atomic mass is 9.78. The highest BCUT2D eigenvalue weighted by atomic mass is 15.2. The Kier molecular flexibility index (Phi) is 5.94. The fourth-order valence-corrected chi connectivity index (χ4v) is 8.01. The molecule has 2 heterocycles. The van der Waals surface area contributed by atoms with Crippen molar-refractivity contribution in [1.82, 2.24) is 4.57 Å². The van der Waals surface area contributed by atoms with E-state index in [1.54, 1.807) is 11.1 Å². The third-order valence-electron chi connectivity index (χ3n) is 9.81. The zero-order valence-electron chi connectivity index (χ0n) is 23.2. The zero-order valence-corrected chi connectivity index (χ0v) is 23.2. The maximum absolute atomic E-state index is 2.62. The topological polar surface area (TPSA) is 8.81 Å². The SMILES string of the molecule is c1ccc(-c2cc(-c3ccccc3)c(C3CCCC3)c(-n3cc[n+]4c3-c3ccccc3C4)c2C2CCCC2)cc1. The molecule has 198 valence electrons. The lowest BCUT2D eigenvalue weighted by molar-refractivity contribution is -0.671. The van der Waals surface area contributed by atoms with Gasteiger partial charge in [0.15, 0.2) is 0 Å². The lowest BCUT2D eigenvalue weighted by Gasteiger charge is -2.27. The summed E-state index contributed by atoms with van der Waals surface area (Å²) in [4.78, 5) is 0. The van der Waals surface area contributed by atoms with Gasteiger partial charge in [0, 0.05) is 16.7 Å². The lowest BCUT2D eigenvalue weighted by Crippen LogP contribution is -2.30. The van der Waals surface area contributed by atoms with Crippen molar-refractivity contribution in [2.75, 3.05) is 0 Å². The minimum Gasteiger partial charge on any atom is -0.225 e. The van der Waals surface area contributed by atoms with E-state index in [0.29, 0.717) is 11.8 Å². The summed E-state index contributed by atoms with van der Waals surface area (Å²) in [6, 6.07) is 34.0. The normalized spacial score (nSPS) is 16.9. The van der Waals surface area contributed by atoms with Crippen molar-refractivity contribution in [2.45, 2.75) is 69.7 Å². The maximum Gasteiger partial charge on any atom is 0.294 e. The van der Waals surface area contributed by atoms with Gasteiger partial charge in [0.1, 0.15) is 24.6 Å². The first-order valence-corrected chi connectivity index (χ1v) is 15.4. The van der Waals surface area contributed by atoms with Crippen LogP contribution in [0.1, 0.15) is 79.9 Å². The van der Waals surface area contributed by atoms with Crippen LogP contribution in [0.5, 0.6) is 0 Å². The van der Waals surface area contributed by atoms with Gasteiger partial charge < -0.3 is 0 Å². The van der Waals surface area contributed by atoms with Gasteiger partial charge in [0.2, 0.25) is 0 Å². The average molecular weight is 522 g/mol. The van der Waals surface area contributed by atoms with Crippen LogP contribution in [-0.4, -0.2) is 4.57 Å². The molecule has 4 aromatic carbocycles. The van der Waals surface area contributed by atoms with E-state index >= 15 is 0 Å². The van der Waals surface area contributed by atoms with Gasteiger partial charge in [-0.1, -0.05) is 105 Å². The molecule has 2 saturated carbocycles. The van der Waals surface area contributed by atoms with Crippen LogP contribution in [0.4, 0.5) is 0 Å². The van der Waals surface area contributed by atoms with Crippen molar-refractivity contribution in [1.29, 1.82) is 0 Å². The Hall–Kier alpha value is -3.91. The molecule has 0 atom stereocenters. The predicted molar refractivity (Wildman–Crippen MR) is 164 cm³/mol. The number of benzene rings is 4. The molecule has 1 aromatic heterocycles. The summed E-state index contributed by atoms with van der Waals surface area (Å²) in [5.41, 5.74) is 13.0. The Labute approximate surface area is 238 Å². The molecule has 2 heteroatoms. The van der Waals surface area contributed by atoms with Gasteiger partial charge in [-0.05, 0) is 71.9 Å². The van der Waals surface area contributed by atoms with E-state index in [0.717, 1.165) is 6.54 Å². The molecule has 0 N–H and O–H groups in total. The molecular weight excluding hydrogens is 484 g/mol. The largest absolute Gasteiger partial charge is 0.294 e. The average Bonchev–Trinajstić information content (AvgIpc) is 3.83. The summed E-state index contributed by atoms with van der Waals surface area (Å²) in [5.74, 6) is 2.53. The van der Waals surface area contributed by atoms with E-state index in [4.69, 9.17) is 0 Å². The third kappa shape index (κ3) is 3.88. The van der Waals surface area contributed by atoms with E-state index in [1.165, 1.54) is 96.3 Å². The number of imidazole rings is 1. The van der Waals surface area contributed by atoms with Crippen LogP contribution in [0.25, 0.3) is 39.3 Å². The second kappa shape index (κ2) is 9.93. The highest BCUT2D eigenvalue weighted by Crippen LogP contribution is 2.51. The minimum absolute atomic E-state index is 0.592. The molecule has 5 aromatic rings. The van der Waals surface area contributed by atoms with E-state index in [1.807, 2.05) is 0 Å². The predicted octanol–water partition coefficient (Wildman–Crippen LogP) is 9.44. The van der Waals surface area contributed by atoms with Crippen LogP contribution < -0.4 is 4.57 Å². The fraction of sp³-hybridized carbons (Fsp3) is 0.289. The number of hydrogen-bond acceptors (Lipinski definition) is 0. The molecule has 0 bridgehead atoms. The first-order chi connectivity index (χ1) is 19.9. The Morgan fingerprint density at radius 3 is 1.68 bits per heavy atom. The van der Waals surface area contributed by atoms with Gasteiger partial charge in [-0.3, -0.25) is 0 Å². The number of aromatic nitrogens is 2. The van der Waals surface area contributed by atoms with E-state index in [9.17, 15) is 0 Å². The molecule has 40 heavy (non-hydrogen) atoms. The molecule has 2 aliphatic carbocycles. The molecule has 0 unspecified atom stereocenters. The number of hydrogen-bond donors (Lipinski definition) is 0. The summed E-state index contributed by atoms with van der Waals surface area (Å²) in [7, 11) is 0. The summed E-state index contributed by atoms with van der Waals surface area (Å²) in [5, 5.41) is 0. The maximum atomic E-state index is 2.62. The molecular formula is C38H37N2+. The Bertz CT molecular complexity index is 1590. The van der Waals surface area contributed by atoms with E-state index in [2.05, 4.69) is 113 Å². The molecule has 0 radical (unpaired) electrons. The summed E-state index contributed by atoms with van der Waals surface area (Å²) in [6.45, 7) is 0.958. The monoisotopic (exact) mass is 521 g/mol. The molecule has 0 saturated heterocycles.